The lowest BCUT2D eigenvalue weighted by molar-refractivity contribution is 0.154. The molecule has 0 aliphatic carbocycles. The molecular formula is C17H25ClN4. The van der Waals surface area contributed by atoms with Crippen molar-refractivity contribution in [3.8, 4) is 5.69 Å². The van der Waals surface area contributed by atoms with E-state index in [0.29, 0.717) is 12.0 Å². The molecule has 0 radical (unpaired) electrons. The van der Waals surface area contributed by atoms with Gasteiger partial charge >= 0.3 is 0 Å². The Kier molecular flexibility index (Phi) is 6.00. The molecule has 22 heavy (non-hydrogen) atoms. The highest BCUT2D eigenvalue weighted by molar-refractivity contribution is 5.85. The molecule has 2 atom stereocenters. The van der Waals surface area contributed by atoms with E-state index < -0.39 is 0 Å². The molecule has 1 aromatic carbocycles. The van der Waals surface area contributed by atoms with Crippen LogP contribution in [0.4, 0.5) is 0 Å². The number of nitrogens with zero attached hydrogens (tertiary/aromatic N) is 3. The highest BCUT2D eigenvalue weighted by atomic mass is 35.5. The number of piperidine rings is 1. The van der Waals surface area contributed by atoms with Crippen molar-refractivity contribution in [1.82, 2.24) is 14.5 Å². The first-order chi connectivity index (χ1) is 10.2. The molecule has 2 N–H and O–H groups in total. The molecule has 2 unspecified atom stereocenters. The van der Waals surface area contributed by atoms with Crippen LogP contribution < -0.4 is 5.73 Å². The lowest BCUT2D eigenvalue weighted by Crippen LogP contribution is -2.41. The monoisotopic (exact) mass is 320 g/mol. The van der Waals surface area contributed by atoms with Gasteiger partial charge in [-0.2, -0.15) is 0 Å². The van der Waals surface area contributed by atoms with Gasteiger partial charge in [-0.05, 0) is 49.9 Å². The van der Waals surface area contributed by atoms with Crippen molar-refractivity contribution in [2.75, 3.05) is 13.1 Å². The maximum absolute atomic E-state index is 6.06. The van der Waals surface area contributed by atoms with E-state index in [9.17, 15) is 0 Å². The summed E-state index contributed by atoms with van der Waals surface area (Å²) in [4.78, 5) is 6.61. The van der Waals surface area contributed by atoms with Crippen molar-refractivity contribution >= 4 is 12.4 Å². The van der Waals surface area contributed by atoms with Crippen molar-refractivity contribution in [1.29, 1.82) is 0 Å². The summed E-state index contributed by atoms with van der Waals surface area (Å²) in [6.07, 6.45) is 8.13. The SMILES string of the molecule is CC(N)C1CCCN(Cc2ccc(-n3ccnc3)cc2)C1.Cl. The third-order valence-electron chi connectivity index (χ3n) is 4.43. The molecule has 1 aromatic heterocycles. The second-order valence-electron chi connectivity index (χ2n) is 6.13. The summed E-state index contributed by atoms with van der Waals surface area (Å²) in [5.74, 6) is 0.643. The molecule has 1 fully saturated rings. The molecule has 2 aromatic rings. The zero-order chi connectivity index (χ0) is 14.7. The van der Waals surface area contributed by atoms with E-state index in [0.717, 1.165) is 18.8 Å². The Morgan fingerprint density at radius 3 is 2.73 bits per heavy atom. The highest BCUT2D eigenvalue weighted by Crippen LogP contribution is 2.21. The molecule has 3 rings (SSSR count). The lowest BCUT2D eigenvalue weighted by atomic mass is 9.92. The number of rotatable bonds is 4. The first-order valence-corrected chi connectivity index (χ1v) is 7.77. The molecule has 4 nitrogen and oxygen atoms in total. The number of halogens is 1. The minimum atomic E-state index is 0. The molecule has 5 heteroatoms. The van der Waals surface area contributed by atoms with Crippen molar-refractivity contribution in [3.63, 3.8) is 0 Å². The van der Waals surface area contributed by atoms with E-state index >= 15 is 0 Å². The van der Waals surface area contributed by atoms with Crippen LogP contribution in [0.25, 0.3) is 5.69 Å². The Morgan fingerprint density at radius 1 is 1.32 bits per heavy atom. The van der Waals surface area contributed by atoms with Crippen LogP contribution in [-0.4, -0.2) is 33.6 Å². The number of benzene rings is 1. The van der Waals surface area contributed by atoms with Crippen LogP contribution in [0.15, 0.2) is 43.0 Å². The second kappa shape index (κ2) is 7.77. The van der Waals surface area contributed by atoms with E-state index in [1.807, 2.05) is 17.1 Å². The first-order valence-electron chi connectivity index (χ1n) is 7.77. The highest BCUT2D eigenvalue weighted by Gasteiger charge is 2.22. The van der Waals surface area contributed by atoms with Gasteiger partial charge in [0, 0.05) is 37.2 Å². The molecule has 120 valence electrons. The van der Waals surface area contributed by atoms with Crippen LogP contribution in [0.3, 0.4) is 0 Å². The molecule has 0 spiro atoms. The summed E-state index contributed by atoms with van der Waals surface area (Å²) in [5, 5.41) is 0. The summed E-state index contributed by atoms with van der Waals surface area (Å²) in [6.45, 7) is 5.47. The number of imidazole rings is 1. The third-order valence-corrected chi connectivity index (χ3v) is 4.43. The molecule has 1 saturated heterocycles. The van der Waals surface area contributed by atoms with Gasteiger partial charge in [-0.25, -0.2) is 4.98 Å². The molecular weight excluding hydrogens is 296 g/mol. The molecule has 2 heterocycles. The standard InChI is InChI=1S/C17H24N4.ClH/c1-14(18)16-3-2-9-20(12-16)11-15-4-6-17(7-5-15)21-10-8-19-13-21;/h4-8,10,13-14,16H,2-3,9,11-12,18H2,1H3;1H. The van der Waals surface area contributed by atoms with E-state index in [-0.39, 0.29) is 12.4 Å². The summed E-state index contributed by atoms with van der Waals surface area (Å²) < 4.78 is 2.02. The Morgan fingerprint density at radius 2 is 2.09 bits per heavy atom. The van der Waals surface area contributed by atoms with Gasteiger partial charge in [0.15, 0.2) is 0 Å². The Balaban J connectivity index is 0.00000176. The van der Waals surface area contributed by atoms with Crippen LogP contribution in [0.2, 0.25) is 0 Å². The fourth-order valence-electron chi connectivity index (χ4n) is 3.11. The molecule has 0 amide bonds. The predicted octanol–water partition coefficient (Wildman–Crippen LogP) is 2.85. The van der Waals surface area contributed by atoms with Crippen molar-refractivity contribution in [2.24, 2.45) is 11.7 Å². The van der Waals surface area contributed by atoms with Crippen LogP contribution in [0.5, 0.6) is 0 Å². The maximum Gasteiger partial charge on any atom is 0.0991 e. The summed E-state index contributed by atoms with van der Waals surface area (Å²) in [7, 11) is 0. The Labute approximate surface area is 138 Å². The Hall–Kier alpha value is -1.36. The number of hydrogen-bond donors (Lipinski definition) is 1. The summed E-state index contributed by atoms with van der Waals surface area (Å²) in [6, 6.07) is 9.04. The molecule has 1 aliphatic rings. The second-order valence-corrected chi connectivity index (χ2v) is 6.13. The largest absolute Gasteiger partial charge is 0.328 e. The average Bonchev–Trinajstić information content (AvgIpc) is 3.02. The minimum Gasteiger partial charge on any atom is -0.328 e. The van der Waals surface area contributed by atoms with Gasteiger partial charge in [0.1, 0.15) is 0 Å². The molecule has 0 bridgehead atoms. The fraction of sp³-hybridized carbons (Fsp3) is 0.471. The van der Waals surface area contributed by atoms with Gasteiger partial charge in [-0.3, -0.25) is 4.90 Å². The zero-order valence-corrected chi connectivity index (χ0v) is 13.9. The smallest absolute Gasteiger partial charge is 0.0991 e. The van der Waals surface area contributed by atoms with Gasteiger partial charge in [0.05, 0.1) is 6.33 Å². The van der Waals surface area contributed by atoms with E-state index in [1.54, 1.807) is 6.20 Å². The van der Waals surface area contributed by atoms with Gasteiger partial charge in [-0.15, -0.1) is 12.4 Å². The van der Waals surface area contributed by atoms with Crippen molar-refractivity contribution in [3.05, 3.63) is 48.5 Å². The minimum absolute atomic E-state index is 0. The predicted molar refractivity (Wildman–Crippen MR) is 92.5 cm³/mol. The lowest BCUT2D eigenvalue weighted by Gasteiger charge is -2.34. The number of hydrogen-bond acceptors (Lipinski definition) is 3. The summed E-state index contributed by atoms with van der Waals surface area (Å²) in [5.41, 5.74) is 8.58. The van der Waals surface area contributed by atoms with Gasteiger partial charge in [0.2, 0.25) is 0 Å². The Bertz CT molecular complexity index is 551. The zero-order valence-electron chi connectivity index (χ0n) is 13.1. The van der Waals surface area contributed by atoms with Crippen LogP contribution >= 0.6 is 12.4 Å². The van der Waals surface area contributed by atoms with Gasteiger partial charge in [-0.1, -0.05) is 12.1 Å². The first kappa shape index (κ1) is 17.0. The fourth-order valence-corrected chi connectivity index (χ4v) is 3.11. The quantitative estimate of drug-likeness (QED) is 0.942. The molecule has 0 saturated carbocycles. The van der Waals surface area contributed by atoms with E-state index in [4.69, 9.17) is 5.73 Å². The third kappa shape index (κ3) is 4.09. The number of nitrogens with two attached hydrogens (primary N) is 1. The van der Waals surface area contributed by atoms with Crippen LogP contribution in [-0.2, 0) is 6.54 Å². The van der Waals surface area contributed by atoms with Crippen molar-refractivity contribution < 1.29 is 0 Å². The van der Waals surface area contributed by atoms with E-state index in [2.05, 4.69) is 41.1 Å². The maximum atomic E-state index is 6.06. The normalized spacial score (nSPS) is 20.4. The van der Waals surface area contributed by atoms with Gasteiger partial charge in [0.25, 0.3) is 0 Å². The van der Waals surface area contributed by atoms with Crippen molar-refractivity contribution in [2.45, 2.75) is 32.4 Å². The van der Waals surface area contributed by atoms with Crippen LogP contribution in [0.1, 0.15) is 25.3 Å². The summed E-state index contributed by atoms with van der Waals surface area (Å²) >= 11 is 0. The topological polar surface area (TPSA) is 47.1 Å². The average molecular weight is 321 g/mol. The number of aromatic nitrogens is 2. The molecule has 1 aliphatic heterocycles. The van der Waals surface area contributed by atoms with Crippen LogP contribution in [0, 0.1) is 5.92 Å². The number of likely N-dealkylation sites (tertiary alicyclic amines) is 1. The van der Waals surface area contributed by atoms with E-state index in [1.165, 1.54) is 24.9 Å². The van der Waals surface area contributed by atoms with Gasteiger partial charge < -0.3 is 10.3 Å².